The summed E-state index contributed by atoms with van der Waals surface area (Å²) in [4.78, 5) is 45.0. The predicted molar refractivity (Wildman–Crippen MR) is 124 cm³/mol. The van der Waals surface area contributed by atoms with E-state index >= 15 is 0 Å². The van der Waals surface area contributed by atoms with Crippen LogP contribution in [-0.2, 0) is 0 Å². The molecule has 0 bridgehead atoms. The summed E-state index contributed by atoms with van der Waals surface area (Å²) in [6.07, 6.45) is 0. The zero-order chi connectivity index (χ0) is 24.0. The van der Waals surface area contributed by atoms with Crippen molar-refractivity contribution in [3.8, 4) is 0 Å². The summed E-state index contributed by atoms with van der Waals surface area (Å²) < 4.78 is 0. The van der Waals surface area contributed by atoms with Crippen molar-refractivity contribution in [1.82, 2.24) is 5.32 Å². The van der Waals surface area contributed by atoms with Gasteiger partial charge in [-0.2, -0.15) is 0 Å². The third-order valence-corrected chi connectivity index (χ3v) is 4.43. The lowest BCUT2D eigenvalue weighted by atomic mass is 10.1. The molecular weight excluding hydrogens is 450 g/mol. The third-order valence-electron chi connectivity index (χ3n) is 4.23. The third kappa shape index (κ3) is 6.15. The molecule has 3 aromatic carbocycles. The number of nitrogens with one attached hydrogen (secondary N) is 3. The van der Waals surface area contributed by atoms with Gasteiger partial charge in [-0.3, -0.25) is 35.1 Å². The van der Waals surface area contributed by atoms with Crippen LogP contribution in [0, 0.1) is 20.2 Å². The van der Waals surface area contributed by atoms with Crippen LogP contribution in [0.15, 0.2) is 72.8 Å². The summed E-state index contributed by atoms with van der Waals surface area (Å²) in [5, 5.41) is 29.6. The molecule has 3 aromatic rings. The highest BCUT2D eigenvalue weighted by atomic mass is 32.1. The fourth-order valence-corrected chi connectivity index (χ4v) is 2.95. The van der Waals surface area contributed by atoms with Crippen LogP contribution in [0.5, 0.6) is 0 Å². The molecule has 0 radical (unpaired) electrons. The second kappa shape index (κ2) is 10.1. The van der Waals surface area contributed by atoms with Crippen molar-refractivity contribution in [2.24, 2.45) is 0 Å². The number of nitrogens with zero attached hydrogens (tertiary/aromatic N) is 2. The van der Waals surface area contributed by atoms with Crippen molar-refractivity contribution in [3.63, 3.8) is 0 Å². The first-order valence-electron chi connectivity index (χ1n) is 9.25. The molecule has 2 amide bonds. The summed E-state index contributed by atoms with van der Waals surface area (Å²) in [5.41, 5.74) is -0.118. The number of nitro groups is 2. The summed E-state index contributed by atoms with van der Waals surface area (Å²) in [6.45, 7) is 0. The van der Waals surface area contributed by atoms with Gasteiger partial charge < -0.3 is 10.6 Å². The predicted octanol–water partition coefficient (Wildman–Crippen LogP) is 3.88. The molecule has 0 saturated carbocycles. The number of nitro benzene ring substituents is 2. The van der Waals surface area contributed by atoms with Crippen molar-refractivity contribution >= 4 is 51.9 Å². The van der Waals surface area contributed by atoms with Gasteiger partial charge in [0.15, 0.2) is 5.11 Å². The van der Waals surface area contributed by atoms with Crippen molar-refractivity contribution in [3.05, 3.63) is 104 Å². The lowest BCUT2D eigenvalue weighted by Crippen LogP contribution is -2.34. The molecule has 0 aromatic heterocycles. The number of benzene rings is 3. The molecule has 3 N–H and O–H groups in total. The first-order valence-corrected chi connectivity index (χ1v) is 9.66. The van der Waals surface area contributed by atoms with Gasteiger partial charge in [-0.1, -0.05) is 24.3 Å². The maximum atomic E-state index is 12.4. The monoisotopic (exact) mass is 465 g/mol. The van der Waals surface area contributed by atoms with E-state index in [2.05, 4.69) is 16.0 Å². The molecule has 11 nitrogen and oxygen atoms in total. The number of hydrogen-bond acceptors (Lipinski definition) is 7. The van der Waals surface area contributed by atoms with E-state index in [-0.39, 0.29) is 16.6 Å². The van der Waals surface area contributed by atoms with Gasteiger partial charge in [-0.05, 0) is 42.5 Å². The highest BCUT2D eigenvalue weighted by Crippen LogP contribution is 2.23. The Labute approximate surface area is 191 Å². The summed E-state index contributed by atoms with van der Waals surface area (Å²) in [5.74, 6) is -1.18. The average Bonchev–Trinajstić information content (AvgIpc) is 2.79. The van der Waals surface area contributed by atoms with Gasteiger partial charge in [0, 0.05) is 29.1 Å². The Morgan fingerprint density at radius 3 is 1.85 bits per heavy atom. The summed E-state index contributed by atoms with van der Waals surface area (Å²) in [6, 6.07) is 17.7. The van der Waals surface area contributed by atoms with Crippen molar-refractivity contribution in [2.75, 3.05) is 10.6 Å². The average molecular weight is 465 g/mol. The van der Waals surface area contributed by atoms with Gasteiger partial charge >= 0.3 is 0 Å². The second-order valence-electron chi connectivity index (χ2n) is 6.56. The Morgan fingerprint density at radius 2 is 1.27 bits per heavy atom. The number of rotatable bonds is 6. The molecule has 3 rings (SSSR count). The zero-order valence-electron chi connectivity index (χ0n) is 16.7. The Balaban J connectivity index is 1.68. The molecule has 0 aliphatic carbocycles. The molecule has 0 atom stereocenters. The highest BCUT2D eigenvalue weighted by Gasteiger charge is 2.20. The first kappa shape index (κ1) is 23.0. The van der Waals surface area contributed by atoms with Gasteiger partial charge in [0.25, 0.3) is 23.2 Å². The minimum atomic E-state index is -0.868. The zero-order valence-corrected chi connectivity index (χ0v) is 17.5. The van der Waals surface area contributed by atoms with Crippen LogP contribution in [-0.4, -0.2) is 26.8 Å². The molecule has 33 heavy (non-hydrogen) atoms. The molecule has 0 spiro atoms. The second-order valence-corrected chi connectivity index (χ2v) is 6.97. The highest BCUT2D eigenvalue weighted by molar-refractivity contribution is 7.80. The topological polar surface area (TPSA) is 157 Å². The Bertz CT molecular complexity index is 1230. The van der Waals surface area contributed by atoms with Gasteiger partial charge in [-0.25, -0.2) is 0 Å². The molecular formula is C21H15N5O6S. The molecule has 0 saturated heterocycles. The fraction of sp³-hybridized carbons (Fsp3) is 0. The molecule has 0 fully saturated rings. The minimum absolute atomic E-state index is 0.152. The normalized spacial score (nSPS) is 10.1. The minimum Gasteiger partial charge on any atom is -0.332 e. The molecule has 166 valence electrons. The van der Waals surface area contributed by atoms with E-state index in [9.17, 15) is 29.8 Å². The molecule has 0 aliphatic heterocycles. The van der Waals surface area contributed by atoms with E-state index in [1.54, 1.807) is 54.6 Å². The van der Waals surface area contributed by atoms with Crippen LogP contribution in [0.2, 0.25) is 0 Å². The standard InChI is InChI=1S/C21H15N5O6S/c27-19(13-5-2-1-3-6-13)22-15-7-4-8-16(11-15)23-21(33)24-20(28)14-9-17(25(29)30)12-18(10-14)26(31)32/h1-12H,(H,22,27)(H2,23,24,28,33). The van der Waals surface area contributed by atoms with E-state index in [4.69, 9.17) is 12.2 Å². The van der Waals surface area contributed by atoms with Crippen molar-refractivity contribution in [1.29, 1.82) is 0 Å². The molecule has 0 heterocycles. The fourth-order valence-electron chi connectivity index (χ4n) is 2.74. The van der Waals surface area contributed by atoms with Crippen LogP contribution < -0.4 is 16.0 Å². The Hall–Kier alpha value is -4.71. The van der Waals surface area contributed by atoms with E-state index < -0.39 is 27.1 Å². The number of hydrogen-bond donors (Lipinski definition) is 3. The SMILES string of the molecule is O=C(NC(=S)Nc1cccc(NC(=O)c2ccccc2)c1)c1cc([N+](=O)[O-])cc([N+](=O)[O-])c1. The van der Waals surface area contributed by atoms with E-state index in [1.165, 1.54) is 0 Å². The first-order chi connectivity index (χ1) is 15.7. The van der Waals surface area contributed by atoms with E-state index in [0.717, 1.165) is 18.2 Å². The van der Waals surface area contributed by atoms with Gasteiger partial charge in [0.05, 0.1) is 21.5 Å². The van der Waals surface area contributed by atoms with Crippen LogP contribution >= 0.6 is 12.2 Å². The number of anilines is 2. The summed E-state index contributed by atoms with van der Waals surface area (Å²) in [7, 11) is 0. The summed E-state index contributed by atoms with van der Waals surface area (Å²) >= 11 is 5.09. The van der Waals surface area contributed by atoms with Crippen molar-refractivity contribution in [2.45, 2.75) is 0 Å². The van der Waals surface area contributed by atoms with Crippen LogP contribution in [0.1, 0.15) is 20.7 Å². The number of non-ortho nitro benzene ring substituents is 2. The molecule has 0 aliphatic rings. The van der Waals surface area contributed by atoms with Gasteiger partial charge in [0.1, 0.15) is 0 Å². The largest absolute Gasteiger partial charge is 0.332 e. The Morgan fingerprint density at radius 1 is 0.697 bits per heavy atom. The lowest BCUT2D eigenvalue weighted by Gasteiger charge is -2.11. The van der Waals surface area contributed by atoms with Crippen LogP contribution in [0.4, 0.5) is 22.7 Å². The van der Waals surface area contributed by atoms with Gasteiger partial charge in [-0.15, -0.1) is 0 Å². The number of carbonyl (C=O) groups is 2. The lowest BCUT2D eigenvalue weighted by molar-refractivity contribution is -0.394. The Kier molecular flexibility index (Phi) is 7.00. The number of thiocarbonyl (C=S) groups is 1. The maximum Gasteiger partial charge on any atom is 0.277 e. The maximum absolute atomic E-state index is 12.4. The van der Waals surface area contributed by atoms with E-state index in [0.29, 0.717) is 16.9 Å². The number of carbonyl (C=O) groups excluding carboxylic acids is 2. The molecule has 12 heteroatoms. The number of amides is 2. The van der Waals surface area contributed by atoms with Gasteiger partial charge in [0.2, 0.25) is 0 Å². The van der Waals surface area contributed by atoms with Crippen molar-refractivity contribution < 1.29 is 19.4 Å². The smallest absolute Gasteiger partial charge is 0.277 e. The van der Waals surface area contributed by atoms with E-state index in [1.807, 2.05) is 0 Å². The van der Waals surface area contributed by atoms with Crippen LogP contribution in [0.3, 0.4) is 0 Å². The molecule has 0 unspecified atom stereocenters. The quantitative estimate of drug-likeness (QED) is 0.281. The van der Waals surface area contributed by atoms with Crippen LogP contribution in [0.25, 0.3) is 0 Å².